The van der Waals surface area contributed by atoms with Crippen molar-refractivity contribution in [2.75, 3.05) is 0 Å². The van der Waals surface area contributed by atoms with Crippen LogP contribution in [-0.4, -0.2) is 17.2 Å². The predicted molar refractivity (Wildman–Crippen MR) is 78.4 cm³/mol. The summed E-state index contributed by atoms with van der Waals surface area (Å²) in [6.45, 7) is 1.95. The van der Waals surface area contributed by atoms with Crippen molar-refractivity contribution in [3.63, 3.8) is 0 Å². The van der Waals surface area contributed by atoms with E-state index in [-0.39, 0.29) is 0 Å². The Kier molecular flexibility index (Phi) is 4.64. The number of aryl methyl sites for hydroxylation is 1. The van der Waals surface area contributed by atoms with Crippen molar-refractivity contribution in [2.24, 2.45) is 0 Å². The van der Waals surface area contributed by atoms with Crippen LogP contribution < -0.4 is 4.74 Å². The van der Waals surface area contributed by atoms with Crippen molar-refractivity contribution in [3.05, 3.63) is 64.7 Å². The van der Waals surface area contributed by atoms with Crippen LogP contribution in [0.4, 0.5) is 0 Å². The number of aliphatic carboxylic acids is 1. The van der Waals surface area contributed by atoms with Crippen molar-refractivity contribution in [2.45, 2.75) is 19.4 Å². The van der Waals surface area contributed by atoms with Crippen molar-refractivity contribution in [1.82, 2.24) is 0 Å². The lowest BCUT2D eigenvalue weighted by atomic mass is 10.0. The van der Waals surface area contributed by atoms with Crippen molar-refractivity contribution in [3.8, 4) is 5.75 Å². The van der Waals surface area contributed by atoms with Gasteiger partial charge in [0.2, 0.25) is 0 Å². The van der Waals surface area contributed by atoms with E-state index >= 15 is 0 Å². The first-order chi connectivity index (χ1) is 9.56. The molecule has 0 radical (unpaired) electrons. The van der Waals surface area contributed by atoms with Crippen molar-refractivity contribution >= 4 is 17.6 Å². The highest BCUT2D eigenvalue weighted by atomic mass is 35.5. The molecule has 0 amide bonds. The van der Waals surface area contributed by atoms with E-state index in [9.17, 15) is 9.90 Å². The lowest BCUT2D eigenvalue weighted by molar-refractivity contribution is -0.145. The van der Waals surface area contributed by atoms with Gasteiger partial charge in [-0.3, -0.25) is 0 Å². The average molecular weight is 291 g/mol. The number of halogens is 1. The van der Waals surface area contributed by atoms with E-state index in [2.05, 4.69) is 0 Å². The quantitative estimate of drug-likeness (QED) is 0.913. The third-order valence-corrected chi connectivity index (χ3v) is 3.25. The molecule has 2 aromatic carbocycles. The third kappa shape index (κ3) is 3.75. The Morgan fingerprint density at radius 3 is 2.65 bits per heavy atom. The number of carboxylic acid groups (broad SMARTS) is 1. The predicted octanol–water partition coefficient (Wildman–Crippen LogP) is 3.72. The van der Waals surface area contributed by atoms with Gasteiger partial charge in [0.1, 0.15) is 5.75 Å². The van der Waals surface area contributed by atoms with E-state index in [1.165, 1.54) is 0 Å². The second kappa shape index (κ2) is 6.44. The van der Waals surface area contributed by atoms with E-state index in [0.29, 0.717) is 17.2 Å². The molecule has 0 fully saturated rings. The molecule has 2 aromatic rings. The lowest BCUT2D eigenvalue weighted by Crippen LogP contribution is -2.29. The van der Waals surface area contributed by atoms with Gasteiger partial charge in [0.15, 0.2) is 6.10 Å². The fourth-order valence-electron chi connectivity index (χ4n) is 1.92. The molecule has 4 heteroatoms. The largest absolute Gasteiger partial charge is 0.478 e. The summed E-state index contributed by atoms with van der Waals surface area (Å²) in [7, 11) is 0. The van der Waals surface area contributed by atoms with E-state index < -0.39 is 12.1 Å². The van der Waals surface area contributed by atoms with Crippen LogP contribution in [0.2, 0.25) is 5.02 Å². The van der Waals surface area contributed by atoms with Gasteiger partial charge in [0.25, 0.3) is 0 Å². The number of hydrogen-bond acceptors (Lipinski definition) is 2. The Labute approximate surface area is 122 Å². The van der Waals surface area contributed by atoms with E-state index in [1.807, 2.05) is 31.2 Å². The number of carbonyl (C=O) groups is 1. The minimum atomic E-state index is -0.992. The number of rotatable bonds is 5. The lowest BCUT2D eigenvalue weighted by Gasteiger charge is -2.16. The van der Waals surface area contributed by atoms with Gasteiger partial charge in [-0.05, 0) is 36.2 Å². The monoisotopic (exact) mass is 290 g/mol. The topological polar surface area (TPSA) is 46.5 Å². The summed E-state index contributed by atoms with van der Waals surface area (Å²) in [5, 5.41) is 9.81. The number of hydrogen-bond donors (Lipinski definition) is 1. The first kappa shape index (κ1) is 14.4. The fraction of sp³-hybridized carbons (Fsp3) is 0.188. The molecule has 0 unspecified atom stereocenters. The molecular weight excluding hydrogens is 276 g/mol. The summed E-state index contributed by atoms with van der Waals surface area (Å²) >= 11 is 5.87. The first-order valence-corrected chi connectivity index (χ1v) is 6.63. The number of benzene rings is 2. The summed E-state index contributed by atoms with van der Waals surface area (Å²) < 4.78 is 5.53. The molecule has 3 nitrogen and oxygen atoms in total. The molecule has 1 N–H and O–H groups in total. The minimum Gasteiger partial charge on any atom is -0.478 e. The third-order valence-electron chi connectivity index (χ3n) is 3.02. The fourth-order valence-corrected chi connectivity index (χ4v) is 2.10. The Morgan fingerprint density at radius 1 is 1.25 bits per heavy atom. The summed E-state index contributed by atoms with van der Waals surface area (Å²) in [6, 6.07) is 14.4. The van der Waals surface area contributed by atoms with Crippen LogP contribution in [0.3, 0.4) is 0 Å². The van der Waals surface area contributed by atoms with E-state index in [1.54, 1.807) is 24.3 Å². The maximum absolute atomic E-state index is 11.3. The zero-order chi connectivity index (χ0) is 14.5. The Morgan fingerprint density at radius 2 is 2.00 bits per heavy atom. The minimum absolute atomic E-state index is 0.314. The molecule has 2 rings (SSSR count). The van der Waals surface area contributed by atoms with Crippen LogP contribution in [0.25, 0.3) is 0 Å². The second-order valence-electron chi connectivity index (χ2n) is 4.53. The summed E-state index contributed by atoms with van der Waals surface area (Å²) in [5.74, 6) is -0.535. The maximum atomic E-state index is 11.3. The van der Waals surface area contributed by atoms with Gasteiger partial charge < -0.3 is 9.84 Å². The van der Waals surface area contributed by atoms with Crippen LogP contribution in [-0.2, 0) is 11.2 Å². The van der Waals surface area contributed by atoms with Crippen LogP contribution in [0.5, 0.6) is 5.75 Å². The summed E-state index contributed by atoms with van der Waals surface area (Å²) in [4.78, 5) is 11.3. The smallest absolute Gasteiger partial charge is 0.345 e. The maximum Gasteiger partial charge on any atom is 0.345 e. The average Bonchev–Trinajstić information content (AvgIpc) is 2.40. The van der Waals surface area contributed by atoms with Crippen LogP contribution >= 0.6 is 11.6 Å². The standard InChI is InChI=1S/C16H15ClO3/c1-11-5-2-3-6-12(11)9-15(16(18)19)20-14-8-4-7-13(17)10-14/h2-8,10,15H,9H2,1H3,(H,18,19)/t15-/m0/s1. The van der Waals surface area contributed by atoms with Gasteiger partial charge in [-0.15, -0.1) is 0 Å². The van der Waals surface area contributed by atoms with Crippen molar-refractivity contribution in [1.29, 1.82) is 0 Å². The van der Waals surface area contributed by atoms with E-state index in [0.717, 1.165) is 11.1 Å². The van der Waals surface area contributed by atoms with Gasteiger partial charge in [0, 0.05) is 11.4 Å². The molecule has 104 valence electrons. The van der Waals surface area contributed by atoms with Gasteiger partial charge in [0.05, 0.1) is 0 Å². The van der Waals surface area contributed by atoms with Gasteiger partial charge in [-0.2, -0.15) is 0 Å². The van der Waals surface area contributed by atoms with Crippen LogP contribution in [0.1, 0.15) is 11.1 Å². The normalized spacial score (nSPS) is 11.9. The number of ether oxygens (including phenoxy) is 1. The van der Waals surface area contributed by atoms with Gasteiger partial charge >= 0.3 is 5.97 Å². The Bertz CT molecular complexity index is 610. The van der Waals surface area contributed by atoms with E-state index in [4.69, 9.17) is 16.3 Å². The molecule has 20 heavy (non-hydrogen) atoms. The SMILES string of the molecule is Cc1ccccc1C[C@H](Oc1cccc(Cl)c1)C(=O)O. The molecule has 0 bridgehead atoms. The molecule has 0 spiro atoms. The molecule has 0 heterocycles. The molecule has 0 saturated carbocycles. The summed E-state index contributed by atoms with van der Waals surface area (Å²) in [6.07, 6.45) is -0.622. The molecule has 0 aliphatic rings. The Balaban J connectivity index is 2.16. The molecular formula is C16H15ClO3. The van der Waals surface area contributed by atoms with Crippen molar-refractivity contribution < 1.29 is 14.6 Å². The first-order valence-electron chi connectivity index (χ1n) is 6.26. The number of carboxylic acids is 1. The molecule has 0 aliphatic carbocycles. The van der Waals surface area contributed by atoms with Crippen LogP contribution in [0, 0.1) is 6.92 Å². The highest BCUT2D eigenvalue weighted by molar-refractivity contribution is 6.30. The molecule has 0 aromatic heterocycles. The Hall–Kier alpha value is -2.00. The highest BCUT2D eigenvalue weighted by Crippen LogP contribution is 2.20. The zero-order valence-electron chi connectivity index (χ0n) is 11.0. The molecule has 1 atom stereocenters. The second-order valence-corrected chi connectivity index (χ2v) is 4.97. The molecule has 0 aliphatic heterocycles. The van der Waals surface area contributed by atoms with Gasteiger partial charge in [-0.25, -0.2) is 4.79 Å². The van der Waals surface area contributed by atoms with Gasteiger partial charge in [-0.1, -0.05) is 41.9 Å². The van der Waals surface area contributed by atoms with Crippen LogP contribution in [0.15, 0.2) is 48.5 Å². The highest BCUT2D eigenvalue weighted by Gasteiger charge is 2.20. The molecule has 0 saturated heterocycles. The zero-order valence-corrected chi connectivity index (χ0v) is 11.8. The summed E-state index contributed by atoms with van der Waals surface area (Å²) in [5.41, 5.74) is 2.01.